The highest BCUT2D eigenvalue weighted by Gasteiger charge is 2.09. The molecule has 6 nitrogen and oxygen atoms in total. The molecule has 0 aliphatic heterocycles. The summed E-state index contributed by atoms with van der Waals surface area (Å²) in [7, 11) is 0. The minimum absolute atomic E-state index is 0.0417. The molecular weight excluding hydrogens is 304 g/mol. The molecule has 24 heavy (non-hydrogen) atoms. The molecule has 128 valence electrons. The molecule has 0 bridgehead atoms. The van der Waals surface area contributed by atoms with Gasteiger partial charge in [-0.2, -0.15) is 5.10 Å². The van der Waals surface area contributed by atoms with Gasteiger partial charge in [0, 0.05) is 43.5 Å². The molecule has 1 heterocycles. The monoisotopic (exact) mass is 328 g/mol. The first kappa shape index (κ1) is 17.7. The van der Waals surface area contributed by atoms with E-state index in [1.807, 2.05) is 44.3 Å². The molecule has 0 saturated heterocycles. The molecule has 0 spiro atoms. The number of carbonyl (C=O) groups is 2. The van der Waals surface area contributed by atoms with Gasteiger partial charge in [0.15, 0.2) is 0 Å². The first-order chi connectivity index (χ1) is 11.6. The summed E-state index contributed by atoms with van der Waals surface area (Å²) >= 11 is 0. The van der Waals surface area contributed by atoms with Gasteiger partial charge in [-0.05, 0) is 37.1 Å². The minimum atomic E-state index is -0.0868. The predicted octanol–water partition coefficient (Wildman–Crippen LogP) is 2.12. The third-order valence-electron chi connectivity index (χ3n) is 3.80. The van der Waals surface area contributed by atoms with Crippen molar-refractivity contribution in [1.29, 1.82) is 0 Å². The summed E-state index contributed by atoms with van der Waals surface area (Å²) in [6.07, 6.45) is 4.77. The number of hydrogen-bond donors (Lipinski definition) is 2. The highest BCUT2D eigenvalue weighted by molar-refractivity contribution is 5.94. The number of rotatable bonds is 8. The van der Waals surface area contributed by atoms with E-state index in [-0.39, 0.29) is 17.9 Å². The standard InChI is InChI=1S/C18H24N4O2/c1-3-14(2)21-18(24)16-7-4-6-15(12-16)13-19-17(23)8-11-22-10-5-9-20-22/h4-7,9-10,12,14H,3,8,11,13H2,1-2H3,(H,19,23)(H,21,24). The second kappa shape index (κ2) is 8.86. The number of carbonyl (C=O) groups excluding carboxylic acids is 2. The van der Waals surface area contributed by atoms with E-state index in [0.717, 1.165) is 12.0 Å². The third kappa shape index (κ3) is 5.53. The van der Waals surface area contributed by atoms with Crippen LogP contribution in [0.2, 0.25) is 0 Å². The maximum absolute atomic E-state index is 12.1. The van der Waals surface area contributed by atoms with Gasteiger partial charge in [-0.25, -0.2) is 0 Å². The van der Waals surface area contributed by atoms with Crippen LogP contribution in [0.3, 0.4) is 0 Å². The van der Waals surface area contributed by atoms with Gasteiger partial charge >= 0.3 is 0 Å². The van der Waals surface area contributed by atoms with Crippen LogP contribution < -0.4 is 10.6 Å². The Morgan fingerprint density at radius 2 is 2.12 bits per heavy atom. The van der Waals surface area contributed by atoms with Crippen molar-refractivity contribution in [2.75, 3.05) is 0 Å². The zero-order valence-electron chi connectivity index (χ0n) is 14.2. The topological polar surface area (TPSA) is 76.0 Å². The lowest BCUT2D eigenvalue weighted by atomic mass is 10.1. The summed E-state index contributed by atoms with van der Waals surface area (Å²) in [5.74, 6) is -0.129. The molecule has 0 radical (unpaired) electrons. The number of aryl methyl sites for hydroxylation is 1. The largest absolute Gasteiger partial charge is 0.352 e. The second-order valence-electron chi connectivity index (χ2n) is 5.78. The summed E-state index contributed by atoms with van der Waals surface area (Å²) in [5, 5.41) is 9.87. The zero-order valence-corrected chi connectivity index (χ0v) is 14.2. The SMILES string of the molecule is CCC(C)NC(=O)c1cccc(CNC(=O)CCn2cccn2)c1. The first-order valence-corrected chi connectivity index (χ1v) is 8.22. The van der Waals surface area contributed by atoms with E-state index in [9.17, 15) is 9.59 Å². The first-order valence-electron chi connectivity index (χ1n) is 8.22. The summed E-state index contributed by atoms with van der Waals surface area (Å²) in [6.45, 7) is 4.96. The quantitative estimate of drug-likeness (QED) is 0.779. The molecule has 2 N–H and O–H groups in total. The van der Waals surface area contributed by atoms with Crippen molar-refractivity contribution in [2.45, 2.75) is 45.8 Å². The lowest BCUT2D eigenvalue weighted by Crippen LogP contribution is -2.32. The summed E-state index contributed by atoms with van der Waals surface area (Å²) < 4.78 is 1.72. The molecule has 1 aromatic heterocycles. The Kier molecular flexibility index (Phi) is 6.54. The average molecular weight is 328 g/mol. The average Bonchev–Trinajstić information content (AvgIpc) is 3.11. The molecule has 2 aromatic rings. The molecule has 0 aliphatic rings. The van der Waals surface area contributed by atoms with Crippen LogP contribution in [-0.2, 0) is 17.9 Å². The molecule has 6 heteroatoms. The highest BCUT2D eigenvalue weighted by Crippen LogP contribution is 2.06. The summed E-state index contributed by atoms with van der Waals surface area (Å²) in [4.78, 5) is 24.0. The number of hydrogen-bond acceptors (Lipinski definition) is 3. The van der Waals surface area contributed by atoms with Gasteiger partial charge in [0.1, 0.15) is 0 Å². The van der Waals surface area contributed by atoms with Crippen molar-refractivity contribution in [1.82, 2.24) is 20.4 Å². The van der Waals surface area contributed by atoms with Crippen LogP contribution in [0, 0.1) is 0 Å². The molecule has 1 unspecified atom stereocenters. The Balaban J connectivity index is 1.83. The fraction of sp³-hybridized carbons (Fsp3) is 0.389. The van der Waals surface area contributed by atoms with Crippen LogP contribution in [0.4, 0.5) is 0 Å². The van der Waals surface area contributed by atoms with Crippen LogP contribution in [0.5, 0.6) is 0 Å². The number of nitrogens with zero attached hydrogens (tertiary/aromatic N) is 2. The minimum Gasteiger partial charge on any atom is -0.352 e. The Bertz CT molecular complexity index is 667. The number of amides is 2. The van der Waals surface area contributed by atoms with Crippen LogP contribution >= 0.6 is 0 Å². The summed E-state index contributed by atoms with van der Waals surface area (Å²) in [5.41, 5.74) is 1.51. The van der Waals surface area contributed by atoms with Gasteiger partial charge < -0.3 is 10.6 Å². The van der Waals surface area contributed by atoms with Crippen molar-refractivity contribution < 1.29 is 9.59 Å². The predicted molar refractivity (Wildman–Crippen MR) is 92.4 cm³/mol. The molecule has 1 aromatic carbocycles. The molecule has 0 fully saturated rings. The normalized spacial score (nSPS) is 11.8. The molecule has 0 aliphatic carbocycles. The van der Waals surface area contributed by atoms with E-state index in [4.69, 9.17) is 0 Å². The van der Waals surface area contributed by atoms with Crippen molar-refractivity contribution in [3.63, 3.8) is 0 Å². The molecule has 0 saturated carbocycles. The van der Waals surface area contributed by atoms with E-state index < -0.39 is 0 Å². The third-order valence-corrected chi connectivity index (χ3v) is 3.80. The number of aromatic nitrogens is 2. The van der Waals surface area contributed by atoms with E-state index in [2.05, 4.69) is 15.7 Å². The maximum atomic E-state index is 12.1. The highest BCUT2D eigenvalue weighted by atomic mass is 16.2. The van der Waals surface area contributed by atoms with E-state index in [1.54, 1.807) is 16.9 Å². The summed E-state index contributed by atoms with van der Waals surface area (Å²) in [6, 6.07) is 9.29. The fourth-order valence-electron chi connectivity index (χ4n) is 2.17. The molecule has 2 amide bonds. The number of nitrogens with one attached hydrogen (secondary N) is 2. The lowest BCUT2D eigenvalue weighted by Gasteiger charge is -2.12. The molecule has 1 atom stereocenters. The van der Waals surface area contributed by atoms with E-state index >= 15 is 0 Å². The van der Waals surface area contributed by atoms with Gasteiger partial charge in [-0.3, -0.25) is 14.3 Å². The van der Waals surface area contributed by atoms with Gasteiger partial charge in [0.05, 0.1) is 0 Å². The number of benzene rings is 1. The lowest BCUT2D eigenvalue weighted by molar-refractivity contribution is -0.121. The van der Waals surface area contributed by atoms with E-state index in [1.165, 1.54) is 0 Å². The van der Waals surface area contributed by atoms with Crippen LogP contribution in [0.25, 0.3) is 0 Å². The van der Waals surface area contributed by atoms with Crippen LogP contribution in [0.1, 0.15) is 42.6 Å². The van der Waals surface area contributed by atoms with Gasteiger partial charge in [-0.15, -0.1) is 0 Å². The van der Waals surface area contributed by atoms with Crippen LogP contribution in [-0.4, -0.2) is 27.6 Å². The second-order valence-corrected chi connectivity index (χ2v) is 5.78. The smallest absolute Gasteiger partial charge is 0.251 e. The van der Waals surface area contributed by atoms with Gasteiger partial charge in [0.2, 0.25) is 5.91 Å². The van der Waals surface area contributed by atoms with Crippen molar-refractivity contribution in [2.24, 2.45) is 0 Å². The molecular formula is C18H24N4O2. The maximum Gasteiger partial charge on any atom is 0.251 e. The Morgan fingerprint density at radius 3 is 2.83 bits per heavy atom. The Labute approximate surface area is 142 Å². The van der Waals surface area contributed by atoms with Crippen molar-refractivity contribution in [3.8, 4) is 0 Å². The van der Waals surface area contributed by atoms with Gasteiger partial charge in [0.25, 0.3) is 5.91 Å². The van der Waals surface area contributed by atoms with E-state index in [0.29, 0.717) is 25.1 Å². The Hall–Kier alpha value is -2.63. The van der Waals surface area contributed by atoms with Gasteiger partial charge in [-0.1, -0.05) is 19.1 Å². The fourth-order valence-corrected chi connectivity index (χ4v) is 2.17. The van der Waals surface area contributed by atoms with Crippen molar-refractivity contribution in [3.05, 3.63) is 53.9 Å². The Morgan fingerprint density at radius 1 is 1.29 bits per heavy atom. The molecule has 2 rings (SSSR count). The zero-order chi connectivity index (χ0) is 17.4. The van der Waals surface area contributed by atoms with Crippen LogP contribution in [0.15, 0.2) is 42.7 Å². The van der Waals surface area contributed by atoms with Crippen molar-refractivity contribution >= 4 is 11.8 Å².